The molecular weight excluding hydrogens is 582 g/mol. The molecular formula is C26H31N9O9. The second-order valence-electron chi connectivity index (χ2n) is 10.2. The molecule has 0 bridgehead atoms. The van der Waals surface area contributed by atoms with E-state index in [0.717, 1.165) is 12.8 Å². The van der Waals surface area contributed by atoms with Gasteiger partial charge < -0.3 is 51.6 Å². The van der Waals surface area contributed by atoms with Crippen LogP contribution in [0.25, 0.3) is 5.69 Å². The third kappa shape index (κ3) is 6.83. The molecule has 7 atom stereocenters. The number of ether oxygens (including phenoxy) is 2. The largest absolute Gasteiger partial charge is 0.479 e. The molecule has 44 heavy (non-hydrogen) atoms. The topological polar surface area (TPSA) is 269 Å². The van der Waals surface area contributed by atoms with Crippen LogP contribution in [-0.4, -0.2) is 106 Å². The molecule has 234 valence electrons. The maximum absolute atomic E-state index is 12.7. The van der Waals surface area contributed by atoms with Gasteiger partial charge in [-0.2, -0.15) is 20.0 Å². The number of nitrogens with two attached hydrogens (primary N) is 1. The van der Waals surface area contributed by atoms with Gasteiger partial charge in [-0.25, -0.2) is 14.6 Å². The zero-order valence-corrected chi connectivity index (χ0v) is 23.1. The van der Waals surface area contributed by atoms with Crippen molar-refractivity contribution in [1.82, 2.24) is 30.3 Å². The molecule has 3 heterocycles. The third-order valence-corrected chi connectivity index (χ3v) is 7.23. The van der Waals surface area contributed by atoms with Crippen LogP contribution >= 0.6 is 0 Å². The molecule has 1 saturated heterocycles. The van der Waals surface area contributed by atoms with Gasteiger partial charge in [0.25, 0.3) is 5.91 Å². The minimum absolute atomic E-state index is 0.0399. The molecule has 0 spiro atoms. The van der Waals surface area contributed by atoms with Crippen molar-refractivity contribution in [3.63, 3.8) is 0 Å². The number of carbonyl (C=O) groups is 3. The Kier molecular flexibility index (Phi) is 9.14. The van der Waals surface area contributed by atoms with Gasteiger partial charge in [-0.1, -0.05) is 18.9 Å². The predicted octanol–water partition coefficient (Wildman–Crippen LogP) is -0.759. The Morgan fingerprint density at radius 3 is 2.45 bits per heavy atom. The lowest BCUT2D eigenvalue weighted by Gasteiger charge is -2.38. The summed E-state index contributed by atoms with van der Waals surface area (Å²) < 4.78 is 10.1. The lowest BCUT2D eigenvalue weighted by atomic mass is 9.90. The van der Waals surface area contributed by atoms with Crippen LogP contribution in [0.4, 0.5) is 22.2 Å². The lowest BCUT2D eigenvalue weighted by molar-refractivity contribution is -0.278. The molecule has 9 N–H and O–H groups in total. The third-order valence-electron chi connectivity index (χ3n) is 7.23. The number of aliphatic hydroxyl groups excluding tert-OH is 3. The van der Waals surface area contributed by atoms with Crippen molar-refractivity contribution in [1.29, 1.82) is 0 Å². The fourth-order valence-electron chi connectivity index (χ4n) is 5.00. The summed E-state index contributed by atoms with van der Waals surface area (Å²) in [4.78, 5) is 46.3. The Morgan fingerprint density at radius 1 is 1.02 bits per heavy atom. The van der Waals surface area contributed by atoms with Gasteiger partial charge in [-0.05, 0) is 31.0 Å². The number of hydrogen-bond donors (Lipinski definition) is 8. The minimum atomic E-state index is -1.92. The maximum atomic E-state index is 12.7. The predicted molar refractivity (Wildman–Crippen MR) is 149 cm³/mol. The summed E-state index contributed by atoms with van der Waals surface area (Å²) >= 11 is 0. The SMILES string of the molecule is NC(=O)c1cnc(N[C@@H]2CCCC[C@@H]2NC(=O)O[C@@H]2OC(C(=O)O)C(O)[C@H](O)C2O)nc1Nc1cccc(-n2nccn2)c1. The Balaban J connectivity index is 1.28. The minimum Gasteiger partial charge on any atom is -0.479 e. The summed E-state index contributed by atoms with van der Waals surface area (Å²) in [5, 5.41) is 56.3. The lowest BCUT2D eigenvalue weighted by Crippen LogP contribution is -2.61. The Bertz CT molecular complexity index is 1490. The molecule has 2 aliphatic rings. The normalized spacial score (nSPS) is 26.8. The first kappa shape index (κ1) is 30.5. The van der Waals surface area contributed by atoms with E-state index < -0.39 is 60.8 Å². The summed E-state index contributed by atoms with van der Waals surface area (Å²) in [5.74, 6) is -2.08. The standard InChI is InChI=1S/C26H31N9O9/c27-21(39)14-11-28-25(34-22(14)31-12-4-3-5-13(10-12)35-29-8-9-30-35)32-15-6-1-2-7-16(15)33-26(42)44-24-19(38)17(36)18(37)20(43-24)23(40)41/h3-5,8-11,15-20,24,36-38H,1-2,6-7H2,(H2,27,39)(H,33,42)(H,40,41)(H2,28,31,32,34)/t15-,16+,17+,18?,19?,20?,24+/m1/s1. The van der Waals surface area contributed by atoms with Gasteiger partial charge in [0.15, 0.2) is 6.10 Å². The number of amides is 2. The number of aliphatic carboxylic acids is 1. The number of nitrogens with one attached hydrogen (secondary N) is 3. The van der Waals surface area contributed by atoms with Crippen molar-refractivity contribution in [3.05, 3.63) is 48.4 Å². The van der Waals surface area contributed by atoms with Gasteiger partial charge in [0.05, 0.1) is 24.1 Å². The molecule has 2 aromatic heterocycles. The Labute approximate surface area is 249 Å². The molecule has 18 heteroatoms. The summed E-state index contributed by atoms with van der Waals surface area (Å²) in [7, 11) is 0. The number of hydrogen-bond acceptors (Lipinski definition) is 14. The molecule has 1 saturated carbocycles. The fraction of sp³-hybridized carbons (Fsp3) is 0.423. The van der Waals surface area contributed by atoms with E-state index in [0.29, 0.717) is 24.2 Å². The molecule has 5 rings (SSSR count). The van der Waals surface area contributed by atoms with Crippen molar-refractivity contribution < 1.29 is 44.3 Å². The van der Waals surface area contributed by atoms with Crippen molar-refractivity contribution in [2.24, 2.45) is 5.73 Å². The van der Waals surface area contributed by atoms with Crippen LogP contribution in [-0.2, 0) is 14.3 Å². The van der Waals surface area contributed by atoms with Gasteiger partial charge >= 0.3 is 12.1 Å². The zero-order chi connectivity index (χ0) is 31.4. The van der Waals surface area contributed by atoms with E-state index >= 15 is 0 Å². The Hall–Kier alpha value is -4.91. The van der Waals surface area contributed by atoms with Crippen LogP contribution in [0.3, 0.4) is 0 Å². The maximum Gasteiger partial charge on any atom is 0.409 e. The van der Waals surface area contributed by atoms with Gasteiger partial charge in [-0.15, -0.1) is 0 Å². The summed E-state index contributed by atoms with van der Waals surface area (Å²) in [6, 6.07) is 6.16. The fourth-order valence-corrected chi connectivity index (χ4v) is 5.00. The van der Waals surface area contributed by atoms with E-state index in [2.05, 4.69) is 36.1 Å². The number of benzene rings is 1. The molecule has 2 amide bonds. The van der Waals surface area contributed by atoms with E-state index in [1.165, 1.54) is 23.4 Å². The average molecular weight is 614 g/mol. The van der Waals surface area contributed by atoms with Crippen LogP contribution in [0.1, 0.15) is 36.0 Å². The summed E-state index contributed by atoms with van der Waals surface area (Å²) in [6.45, 7) is 0. The zero-order valence-electron chi connectivity index (χ0n) is 23.1. The summed E-state index contributed by atoms with van der Waals surface area (Å²) in [6.07, 6.45) is -3.45. The van der Waals surface area contributed by atoms with Gasteiger partial charge in [0, 0.05) is 17.9 Å². The van der Waals surface area contributed by atoms with E-state index in [-0.39, 0.29) is 17.3 Å². The number of carbonyl (C=O) groups excluding carboxylic acids is 2. The van der Waals surface area contributed by atoms with Crippen LogP contribution in [0.5, 0.6) is 0 Å². The summed E-state index contributed by atoms with van der Waals surface area (Å²) in [5.41, 5.74) is 6.83. The molecule has 3 aromatic rings. The number of primary amides is 1. The van der Waals surface area contributed by atoms with E-state index in [1.54, 1.807) is 24.3 Å². The highest BCUT2D eigenvalue weighted by molar-refractivity contribution is 5.98. The number of carboxylic acid groups (broad SMARTS) is 1. The number of aromatic nitrogens is 5. The second-order valence-corrected chi connectivity index (χ2v) is 10.2. The highest BCUT2D eigenvalue weighted by Gasteiger charge is 2.48. The second kappa shape index (κ2) is 13.2. The number of rotatable bonds is 9. The molecule has 3 unspecified atom stereocenters. The van der Waals surface area contributed by atoms with Crippen molar-refractivity contribution in [2.45, 2.75) is 68.5 Å². The molecule has 1 aromatic carbocycles. The number of carboxylic acids is 1. The molecule has 1 aliphatic heterocycles. The molecule has 0 radical (unpaired) electrons. The van der Waals surface area contributed by atoms with E-state index in [4.69, 9.17) is 15.2 Å². The van der Waals surface area contributed by atoms with Crippen LogP contribution < -0.4 is 21.7 Å². The highest BCUT2D eigenvalue weighted by atomic mass is 16.7. The first-order chi connectivity index (χ1) is 21.1. The number of alkyl carbamates (subject to hydrolysis) is 1. The first-order valence-corrected chi connectivity index (χ1v) is 13.7. The number of aliphatic hydroxyl groups is 3. The average Bonchev–Trinajstić information content (AvgIpc) is 3.54. The smallest absolute Gasteiger partial charge is 0.409 e. The first-order valence-electron chi connectivity index (χ1n) is 13.7. The van der Waals surface area contributed by atoms with Crippen LogP contribution in [0.2, 0.25) is 0 Å². The van der Waals surface area contributed by atoms with Gasteiger partial charge in [0.1, 0.15) is 29.7 Å². The molecule has 18 nitrogen and oxygen atoms in total. The van der Waals surface area contributed by atoms with Crippen LogP contribution in [0, 0.1) is 0 Å². The number of nitrogens with zero attached hydrogens (tertiary/aromatic N) is 5. The number of anilines is 3. The van der Waals surface area contributed by atoms with Gasteiger partial charge in [-0.3, -0.25) is 4.79 Å². The van der Waals surface area contributed by atoms with E-state index in [1.807, 2.05) is 0 Å². The highest BCUT2D eigenvalue weighted by Crippen LogP contribution is 2.26. The molecule has 1 aliphatic carbocycles. The quantitative estimate of drug-likeness (QED) is 0.147. The van der Waals surface area contributed by atoms with Gasteiger partial charge in [0.2, 0.25) is 12.2 Å². The molecule has 2 fully saturated rings. The Morgan fingerprint density at radius 2 is 1.75 bits per heavy atom. The monoisotopic (exact) mass is 613 g/mol. The van der Waals surface area contributed by atoms with Crippen LogP contribution in [0.15, 0.2) is 42.9 Å². The van der Waals surface area contributed by atoms with Crippen molar-refractivity contribution in [3.8, 4) is 5.69 Å². The van der Waals surface area contributed by atoms with Crippen molar-refractivity contribution in [2.75, 3.05) is 10.6 Å². The van der Waals surface area contributed by atoms with E-state index in [9.17, 15) is 34.8 Å². The van der Waals surface area contributed by atoms with Crippen molar-refractivity contribution >= 4 is 35.4 Å².